The van der Waals surface area contributed by atoms with E-state index in [0.29, 0.717) is 17.1 Å². The lowest BCUT2D eigenvalue weighted by Crippen LogP contribution is -2.33. The Labute approximate surface area is 109 Å². The van der Waals surface area contributed by atoms with Crippen LogP contribution in [0.4, 0.5) is 0 Å². The molecule has 1 fully saturated rings. The van der Waals surface area contributed by atoms with Gasteiger partial charge in [0.15, 0.2) is 0 Å². The Kier molecular flexibility index (Phi) is 3.01. The first-order valence-electron chi connectivity index (χ1n) is 6.12. The van der Waals surface area contributed by atoms with E-state index in [1.54, 1.807) is 0 Å². The van der Waals surface area contributed by atoms with Gasteiger partial charge in [-0.1, -0.05) is 30.7 Å². The van der Waals surface area contributed by atoms with Gasteiger partial charge in [0.1, 0.15) is 0 Å². The quantitative estimate of drug-likeness (QED) is 0.894. The fourth-order valence-electron chi connectivity index (χ4n) is 2.45. The SMILES string of the molecule is CC1CC(NC2CC2)c2cccc(Cl)c2S1=O. The van der Waals surface area contributed by atoms with Crippen LogP contribution in [-0.4, -0.2) is 15.5 Å². The van der Waals surface area contributed by atoms with Crippen LogP contribution in [0.1, 0.15) is 37.8 Å². The molecule has 0 amide bonds. The second kappa shape index (κ2) is 4.38. The average Bonchev–Trinajstić information content (AvgIpc) is 3.09. The van der Waals surface area contributed by atoms with Crippen molar-refractivity contribution in [3.05, 3.63) is 28.8 Å². The monoisotopic (exact) mass is 269 g/mol. The minimum atomic E-state index is -0.959. The third kappa shape index (κ3) is 2.16. The van der Waals surface area contributed by atoms with Crippen molar-refractivity contribution in [3.63, 3.8) is 0 Å². The Morgan fingerprint density at radius 3 is 2.88 bits per heavy atom. The zero-order valence-electron chi connectivity index (χ0n) is 9.78. The van der Waals surface area contributed by atoms with Crippen molar-refractivity contribution in [3.8, 4) is 0 Å². The predicted molar refractivity (Wildman–Crippen MR) is 70.8 cm³/mol. The molecule has 1 aliphatic heterocycles. The predicted octanol–water partition coefficient (Wildman–Crippen LogP) is 3.03. The van der Waals surface area contributed by atoms with E-state index in [4.69, 9.17) is 11.6 Å². The van der Waals surface area contributed by atoms with Gasteiger partial charge in [-0.3, -0.25) is 4.21 Å². The Morgan fingerprint density at radius 1 is 1.41 bits per heavy atom. The van der Waals surface area contributed by atoms with Gasteiger partial charge in [-0.15, -0.1) is 0 Å². The molecule has 0 radical (unpaired) electrons. The number of rotatable bonds is 2. The molecule has 3 rings (SSSR count). The lowest BCUT2D eigenvalue weighted by Gasteiger charge is -2.30. The van der Waals surface area contributed by atoms with Crippen LogP contribution < -0.4 is 5.32 Å². The molecule has 1 aromatic carbocycles. The van der Waals surface area contributed by atoms with E-state index < -0.39 is 10.8 Å². The summed E-state index contributed by atoms with van der Waals surface area (Å²) in [6.07, 6.45) is 3.48. The van der Waals surface area contributed by atoms with Crippen molar-refractivity contribution in [1.82, 2.24) is 5.32 Å². The van der Waals surface area contributed by atoms with Crippen molar-refractivity contribution in [2.24, 2.45) is 0 Å². The summed E-state index contributed by atoms with van der Waals surface area (Å²) >= 11 is 6.20. The summed E-state index contributed by atoms with van der Waals surface area (Å²) in [5.74, 6) is 0. The van der Waals surface area contributed by atoms with Crippen LogP contribution >= 0.6 is 11.6 Å². The maximum absolute atomic E-state index is 12.3. The van der Waals surface area contributed by atoms with Crippen molar-refractivity contribution >= 4 is 22.4 Å². The molecule has 4 heteroatoms. The largest absolute Gasteiger partial charge is 0.307 e. The molecule has 0 saturated heterocycles. The molecule has 0 spiro atoms. The molecule has 1 saturated carbocycles. The standard InChI is InChI=1S/C13H16ClNOS/c1-8-7-12(15-9-5-6-9)10-3-2-4-11(14)13(10)17(8)16/h2-4,8-9,12,15H,5-7H2,1H3. The van der Waals surface area contributed by atoms with Crippen LogP contribution in [-0.2, 0) is 10.8 Å². The highest BCUT2D eigenvalue weighted by Gasteiger charge is 2.34. The minimum Gasteiger partial charge on any atom is -0.307 e. The second-order valence-electron chi connectivity index (χ2n) is 5.00. The first kappa shape index (κ1) is 11.7. The summed E-state index contributed by atoms with van der Waals surface area (Å²) < 4.78 is 12.3. The van der Waals surface area contributed by atoms with Crippen LogP contribution in [0, 0.1) is 0 Å². The van der Waals surface area contributed by atoms with E-state index >= 15 is 0 Å². The van der Waals surface area contributed by atoms with Crippen molar-refractivity contribution in [2.75, 3.05) is 0 Å². The number of fused-ring (bicyclic) bond motifs is 1. The summed E-state index contributed by atoms with van der Waals surface area (Å²) in [6.45, 7) is 2.05. The van der Waals surface area contributed by atoms with E-state index in [-0.39, 0.29) is 5.25 Å². The van der Waals surface area contributed by atoms with Gasteiger partial charge in [0.25, 0.3) is 0 Å². The highest BCUT2D eigenvalue weighted by molar-refractivity contribution is 7.86. The summed E-state index contributed by atoms with van der Waals surface area (Å²) in [7, 11) is -0.959. The zero-order chi connectivity index (χ0) is 12.0. The highest BCUT2D eigenvalue weighted by atomic mass is 35.5. The zero-order valence-corrected chi connectivity index (χ0v) is 11.4. The first-order valence-corrected chi connectivity index (χ1v) is 7.71. The number of hydrogen-bond acceptors (Lipinski definition) is 2. The van der Waals surface area contributed by atoms with Crippen molar-refractivity contribution < 1.29 is 4.21 Å². The van der Waals surface area contributed by atoms with Gasteiger partial charge in [0.05, 0.1) is 20.7 Å². The maximum atomic E-state index is 12.3. The van der Waals surface area contributed by atoms with Crippen LogP contribution in [0.2, 0.25) is 5.02 Å². The summed E-state index contributed by atoms with van der Waals surface area (Å²) in [5.41, 5.74) is 1.14. The van der Waals surface area contributed by atoms with Crippen LogP contribution in [0.3, 0.4) is 0 Å². The van der Waals surface area contributed by atoms with Gasteiger partial charge in [0.2, 0.25) is 0 Å². The van der Waals surface area contributed by atoms with E-state index in [1.165, 1.54) is 12.8 Å². The van der Waals surface area contributed by atoms with Gasteiger partial charge < -0.3 is 5.32 Å². The molecule has 1 aliphatic carbocycles. The molecule has 1 N–H and O–H groups in total. The van der Waals surface area contributed by atoms with Crippen LogP contribution in [0.15, 0.2) is 23.1 Å². The molecule has 92 valence electrons. The minimum absolute atomic E-state index is 0.179. The Morgan fingerprint density at radius 2 is 2.18 bits per heavy atom. The van der Waals surface area contributed by atoms with Gasteiger partial charge in [-0.25, -0.2) is 0 Å². The Hall–Kier alpha value is -0.380. The fourth-order valence-corrected chi connectivity index (χ4v) is 4.33. The first-order chi connectivity index (χ1) is 8.16. The molecule has 17 heavy (non-hydrogen) atoms. The lowest BCUT2D eigenvalue weighted by molar-refractivity contribution is 0.475. The maximum Gasteiger partial charge on any atom is 0.0624 e. The molecule has 3 atom stereocenters. The number of halogens is 1. The molecule has 3 unspecified atom stereocenters. The molecule has 2 nitrogen and oxygen atoms in total. The van der Waals surface area contributed by atoms with Crippen molar-refractivity contribution in [2.45, 2.75) is 48.4 Å². The molecule has 0 bridgehead atoms. The average molecular weight is 270 g/mol. The number of hydrogen-bond donors (Lipinski definition) is 1. The van der Waals surface area contributed by atoms with E-state index in [2.05, 4.69) is 11.4 Å². The highest BCUT2D eigenvalue weighted by Crippen LogP contribution is 2.39. The fraction of sp³-hybridized carbons (Fsp3) is 0.538. The lowest BCUT2D eigenvalue weighted by atomic mass is 10.0. The summed E-state index contributed by atoms with van der Waals surface area (Å²) in [5, 5.41) is 4.46. The van der Waals surface area contributed by atoms with Crippen LogP contribution in [0.25, 0.3) is 0 Å². The summed E-state index contributed by atoms with van der Waals surface area (Å²) in [6, 6.07) is 6.83. The molecule has 1 aromatic rings. The van der Waals surface area contributed by atoms with Gasteiger partial charge in [-0.05, 0) is 30.9 Å². The molecular weight excluding hydrogens is 254 g/mol. The third-order valence-electron chi connectivity index (χ3n) is 3.52. The summed E-state index contributed by atoms with van der Waals surface area (Å²) in [4.78, 5) is 0.853. The number of nitrogens with one attached hydrogen (secondary N) is 1. The van der Waals surface area contributed by atoms with E-state index in [0.717, 1.165) is 16.9 Å². The van der Waals surface area contributed by atoms with Crippen LogP contribution in [0.5, 0.6) is 0 Å². The Bertz CT molecular complexity index is 472. The van der Waals surface area contributed by atoms with Gasteiger partial charge in [-0.2, -0.15) is 0 Å². The van der Waals surface area contributed by atoms with E-state index in [9.17, 15) is 4.21 Å². The second-order valence-corrected chi connectivity index (χ2v) is 7.21. The molecular formula is C13H16ClNOS. The number of benzene rings is 1. The van der Waals surface area contributed by atoms with Gasteiger partial charge in [0, 0.05) is 17.3 Å². The smallest absolute Gasteiger partial charge is 0.0624 e. The third-order valence-corrected chi connectivity index (χ3v) is 5.73. The van der Waals surface area contributed by atoms with Crippen molar-refractivity contribution in [1.29, 1.82) is 0 Å². The Balaban J connectivity index is 2.01. The van der Waals surface area contributed by atoms with E-state index in [1.807, 2.05) is 19.1 Å². The normalized spacial score (nSPS) is 32.2. The molecule has 1 heterocycles. The topological polar surface area (TPSA) is 29.1 Å². The van der Waals surface area contributed by atoms with Gasteiger partial charge >= 0.3 is 0 Å². The molecule has 2 aliphatic rings. The molecule has 0 aromatic heterocycles.